The molecule has 1 aliphatic heterocycles. The number of nitrogens with zero attached hydrogens (tertiary/aromatic N) is 1. The number of benzene rings is 1. The van der Waals surface area contributed by atoms with E-state index in [1.165, 1.54) is 16.0 Å². The van der Waals surface area contributed by atoms with Crippen LogP contribution in [0, 0.1) is 13.8 Å². The molecule has 1 saturated heterocycles. The lowest BCUT2D eigenvalue weighted by atomic mass is 10.1. The Labute approximate surface area is 153 Å². The van der Waals surface area contributed by atoms with Gasteiger partial charge >= 0.3 is 0 Å². The number of rotatable bonds is 7. The first kappa shape index (κ1) is 18.0. The number of hydrogen-bond acceptors (Lipinski definition) is 4. The third kappa shape index (κ3) is 5.06. The maximum absolute atomic E-state index is 12.7. The molecule has 1 unspecified atom stereocenters. The molecule has 4 nitrogen and oxygen atoms in total. The van der Waals surface area contributed by atoms with Gasteiger partial charge in [-0.3, -0.25) is 4.79 Å². The van der Waals surface area contributed by atoms with Gasteiger partial charge in [-0.2, -0.15) is 0 Å². The van der Waals surface area contributed by atoms with Crippen LogP contribution in [0.1, 0.15) is 28.8 Å². The zero-order valence-electron chi connectivity index (χ0n) is 14.9. The second-order valence-corrected chi connectivity index (χ2v) is 7.56. The molecular weight excluding hydrogens is 334 g/mol. The molecule has 1 aromatic heterocycles. The molecule has 5 heteroatoms. The van der Waals surface area contributed by atoms with Crippen LogP contribution in [0.4, 0.5) is 0 Å². The van der Waals surface area contributed by atoms with E-state index in [2.05, 4.69) is 13.0 Å². The molecule has 1 atom stereocenters. The molecule has 134 valence electrons. The Morgan fingerprint density at radius 1 is 1.32 bits per heavy atom. The van der Waals surface area contributed by atoms with Crippen molar-refractivity contribution in [2.24, 2.45) is 0 Å². The van der Waals surface area contributed by atoms with E-state index in [4.69, 9.17) is 9.47 Å². The number of thiophene rings is 1. The summed E-state index contributed by atoms with van der Waals surface area (Å²) in [6, 6.07) is 9.99. The molecule has 0 spiro atoms. The summed E-state index contributed by atoms with van der Waals surface area (Å²) in [7, 11) is 0. The van der Waals surface area contributed by atoms with E-state index in [1.54, 1.807) is 11.3 Å². The van der Waals surface area contributed by atoms with Crippen molar-refractivity contribution in [1.82, 2.24) is 4.90 Å². The molecule has 1 aliphatic rings. The van der Waals surface area contributed by atoms with Crippen LogP contribution < -0.4 is 4.74 Å². The predicted molar refractivity (Wildman–Crippen MR) is 100 cm³/mol. The smallest absolute Gasteiger partial charge is 0.260 e. The molecule has 0 aliphatic carbocycles. The average molecular weight is 359 g/mol. The zero-order valence-corrected chi connectivity index (χ0v) is 15.7. The molecule has 0 saturated carbocycles. The lowest BCUT2D eigenvalue weighted by Crippen LogP contribution is -2.39. The number of carbonyl (C=O) groups excluding carboxylic acids is 1. The monoisotopic (exact) mass is 359 g/mol. The minimum Gasteiger partial charge on any atom is -0.484 e. The van der Waals surface area contributed by atoms with Crippen LogP contribution in [0.5, 0.6) is 5.75 Å². The summed E-state index contributed by atoms with van der Waals surface area (Å²) in [6.07, 6.45) is 2.24. The summed E-state index contributed by atoms with van der Waals surface area (Å²) < 4.78 is 11.5. The summed E-state index contributed by atoms with van der Waals surface area (Å²) in [5.41, 5.74) is 2.39. The van der Waals surface area contributed by atoms with Gasteiger partial charge in [-0.15, -0.1) is 11.3 Å². The first-order valence-corrected chi connectivity index (χ1v) is 9.61. The summed E-state index contributed by atoms with van der Waals surface area (Å²) in [6.45, 7) is 6.21. The van der Waals surface area contributed by atoms with Crippen molar-refractivity contribution in [3.05, 3.63) is 51.7 Å². The molecule has 1 amide bonds. The van der Waals surface area contributed by atoms with Crippen molar-refractivity contribution in [2.75, 3.05) is 19.8 Å². The van der Waals surface area contributed by atoms with Crippen LogP contribution >= 0.6 is 11.3 Å². The van der Waals surface area contributed by atoms with Crippen molar-refractivity contribution in [1.29, 1.82) is 0 Å². The molecule has 0 radical (unpaired) electrons. The van der Waals surface area contributed by atoms with Crippen molar-refractivity contribution in [2.45, 2.75) is 39.3 Å². The minimum absolute atomic E-state index is 0.00197. The van der Waals surface area contributed by atoms with Crippen LogP contribution in [0.3, 0.4) is 0 Å². The van der Waals surface area contributed by atoms with Gasteiger partial charge in [0.25, 0.3) is 5.91 Å². The largest absolute Gasteiger partial charge is 0.484 e. The van der Waals surface area contributed by atoms with Crippen LogP contribution in [-0.4, -0.2) is 36.7 Å². The van der Waals surface area contributed by atoms with Gasteiger partial charge in [-0.1, -0.05) is 12.1 Å². The Balaban J connectivity index is 1.61. The van der Waals surface area contributed by atoms with E-state index in [0.717, 1.165) is 25.2 Å². The van der Waals surface area contributed by atoms with Gasteiger partial charge in [0, 0.05) is 18.0 Å². The first-order valence-electron chi connectivity index (χ1n) is 8.73. The first-order chi connectivity index (χ1) is 12.1. The van der Waals surface area contributed by atoms with E-state index in [-0.39, 0.29) is 18.6 Å². The summed E-state index contributed by atoms with van der Waals surface area (Å²) in [5, 5.41) is 2.04. The highest BCUT2D eigenvalue weighted by Crippen LogP contribution is 2.19. The fraction of sp³-hybridized carbons (Fsp3) is 0.450. The SMILES string of the molecule is Cc1ccc(OCC(=O)N(Cc2cccs2)CC2CCCO2)cc1C. The van der Waals surface area contributed by atoms with Gasteiger partial charge in [0.2, 0.25) is 0 Å². The highest BCUT2D eigenvalue weighted by Gasteiger charge is 2.23. The number of hydrogen-bond donors (Lipinski definition) is 0. The molecule has 25 heavy (non-hydrogen) atoms. The van der Waals surface area contributed by atoms with E-state index in [0.29, 0.717) is 13.1 Å². The Morgan fingerprint density at radius 2 is 2.20 bits per heavy atom. The van der Waals surface area contributed by atoms with Crippen molar-refractivity contribution < 1.29 is 14.3 Å². The quantitative estimate of drug-likeness (QED) is 0.751. The van der Waals surface area contributed by atoms with Crippen LogP contribution in [-0.2, 0) is 16.1 Å². The third-order valence-electron chi connectivity index (χ3n) is 4.57. The Hall–Kier alpha value is -1.85. The maximum atomic E-state index is 12.7. The minimum atomic E-state index is 0.00197. The normalized spacial score (nSPS) is 16.8. The lowest BCUT2D eigenvalue weighted by Gasteiger charge is -2.25. The Kier molecular flexibility index (Phi) is 6.10. The third-order valence-corrected chi connectivity index (χ3v) is 5.43. The Bertz CT molecular complexity index is 693. The summed E-state index contributed by atoms with van der Waals surface area (Å²) in [5.74, 6) is 0.742. The maximum Gasteiger partial charge on any atom is 0.260 e. The molecule has 1 fully saturated rings. The van der Waals surface area contributed by atoms with Gasteiger partial charge in [0.1, 0.15) is 5.75 Å². The van der Waals surface area contributed by atoms with E-state index in [1.807, 2.05) is 41.5 Å². The molecule has 3 rings (SSSR count). The Morgan fingerprint density at radius 3 is 2.88 bits per heavy atom. The molecular formula is C20H25NO3S. The average Bonchev–Trinajstić information content (AvgIpc) is 3.29. The molecule has 2 heterocycles. The van der Waals surface area contributed by atoms with Gasteiger partial charge in [0.05, 0.1) is 12.6 Å². The number of aryl methyl sites for hydroxylation is 2. The van der Waals surface area contributed by atoms with Gasteiger partial charge in [0.15, 0.2) is 6.61 Å². The lowest BCUT2D eigenvalue weighted by molar-refractivity contribution is -0.135. The van der Waals surface area contributed by atoms with Crippen LogP contribution in [0.25, 0.3) is 0 Å². The fourth-order valence-electron chi connectivity index (χ4n) is 2.92. The highest BCUT2D eigenvalue weighted by molar-refractivity contribution is 7.09. The number of amides is 1. The highest BCUT2D eigenvalue weighted by atomic mass is 32.1. The summed E-state index contributed by atoms with van der Waals surface area (Å²) >= 11 is 1.67. The van der Waals surface area contributed by atoms with E-state index in [9.17, 15) is 4.79 Å². The van der Waals surface area contributed by atoms with Gasteiger partial charge < -0.3 is 14.4 Å². The molecule has 1 aromatic carbocycles. The number of carbonyl (C=O) groups is 1. The van der Waals surface area contributed by atoms with Crippen molar-refractivity contribution in [3.63, 3.8) is 0 Å². The second-order valence-electron chi connectivity index (χ2n) is 6.52. The van der Waals surface area contributed by atoms with Gasteiger partial charge in [-0.25, -0.2) is 0 Å². The number of ether oxygens (including phenoxy) is 2. The molecule has 0 bridgehead atoms. The van der Waals surface area contributed by atoms with E-state index >= 15 is 0 Å². The van der Waals surface area contributed by atoms with E-state index < -0.39 is 0 Å². The van der Waals surface area contributed by atoms with Crippen molar-refractivity contribution in [3.8, 4) is 5.75 Å². The van der Waals surface area contributed by atoms with Crippen molar-refractivity contribution >= 4 is 17.2 Å². The predicted octanol–water partition coefficient (Wildman–Crippen LogP) is 3.95. The molecule has 0 N–H and O–H groups in total. The second kappa shape index (κ2) is 8.50. The van der Waals surface area contributed by atoms with Crippen LogP contribution in [0.2, 0.25) is 0 Å². The van der Waals surface area contributed by atoms with Crippen LogP contribution in [0.15, 0.2) is 35.7 Å². The molecule has 2 aromatic rings. The topological polar surface area (TPSA) is 38.8 Å². The fourth-order valence-corrected chi connectivity index (χ4v) is 3.64. The summed E-state index contributed by atoms with van der Waals surface area (Å²) in [4.78, 5) is 15.8. The standard InChI is InChI=1S/C20H25NO3S/c1-15-7-8-17(11-16(15)2)24-14-20(22)21(12-18-5-3-9-23-18)13-19-6-4-10-25-19/h4,6-8,10-11,18H,3,5,9,12-14H2,1-2H3. The zero-order chi connectivity index (χ0) is 17.6. The van der Waals surface area contributed by atoms with Gasteiger partial charge in [-0.05, 0) is 61.4 Å².